The van der Waals surface area contributed by atoms with Crippen molar-refractivity contribution in [2.45, 2.75) is 33.4 Å². The van der Waals surface area contributed by atoms with Crippen molar-refractivity contribution in [3.8, 4) is 11.5 Å². The topological polar surface area (TPSA) is 90.7 Å². The third kappa shape index (κ3) is 4.73. The Labute approximate surface area is 201 Å². The molecule has 1 N–H and O–H groups in total. The lowest BCUT2D eigenvalue weighted by atomic mass is 10.0. The lowest BCUT2D eigenvalue weighted by molar-refractivity contribution is -0.144. The molecule has 0 aliphatic carbocycles. The second-order valence-corrected chi connectivity index (χ2v) is 8.29. The maximum Gasteiger partial charge on any atom is 0.344 e. The molecule has 4 aromatic rings. The minimum absolute atomic E-state index is 0.141. The van der Waals surface area contributed by atoms with Gasteiger partial charge in [0.15, 0.2) is 23.5 Å². The molecule has 0 amide bonds. The van der Waals surface area contributed by atoms with Crippen LogP contribution in [0.25, 0.3) is 11.0 Å². The lowest BCUT2D eigenvalue weighted by Crippen LogP contribution is -2.23. The number of halogens is 1. The molecule has 0 saturated heterocycles. The first-order valence-electron chi connectivity index (χ1n) is 11.0. The fraction of sp³-hybridized carbons (Fsp3) is 0.222. The third-order valence-electron chi connectivity index (χ3n) is 5.87. The van der Waals surface area contributed by atoms with Gasteiger partial charge in [-0.05, 0) is 74.9 Å². The van der Waals surface area contributed by atoms with Crippen LogP contribution in [-0.2, 0) is 11.3 Å². The van der Waals surface area contributed by atoms with Gasteiger partial charge in [-0.1, -0.05) is 6.07 Å². The maximum absolute atomic E-state index is 14.3. The van der Waals surface area contributed by atoms with Gasteiger partial charge in [-0.15, -0.1) is 0 Å². The predicted octanol–water partition coefficient (Wildman–Crippen LogP) is 4.93. The van der Waals surface area contributed by atoms with Crippen molar-refractivity contribution < 1.29 is 28.6 Å². The molecule has 0 unspecified atom stereocenters. The van der Waals surface area contributed by atoms with E-state index in [1.54, 1.807) is 37.4 Å². The Hall–Kier alpha value is -4.20. The molecule has 35 heavy (non-hydrogen) atoms. The number of carbonyl (C=O) groups excluding carboxylic acids is 1. The Kier molecular flexibility index (Phi) is 6.55. The van der Waals surface area contributed by atoms with Crippen LogP contribution >= 0.6 is 0 Å². The molecule has 0 saturated carbocycles. The van der Waals surface area contributed by atoms with E-state index < -0.39 is 17.9 Å². The monoisotopic (exact) mass is 476 g/mol. The number of methoxy groups -OCH3 is 1. The summed E-state index contributed by atoms with van der Waals surface area (Å²) >= 11 is 0. The van der Waals surface area contributed by atoms with Crippen LogP contribution in [-0.4, -0.2) is 39.6 Å². The minimum atomic E-state index is -1.20. The van der Waals surface area contributed by atoms with Crippen molar-refractivity contribution in [3.05, 3.63) is 88.5 Å². The molecule has 0 spiro atoms. The Morgan fingerprint density at radius 3 is 2.46 bits per heavy atom. The zero-order valence-corrected chi connectivity index (χ0v) is 19.8. The number of aryl methyl sites for hydroxylation is 1. The van der Waals surface area contributed by atoms with Crippen LogP contribution in [0.5, 0.6) is 11.5 Å². The third-order valence-corrected chi connectivity index (χ3v) is 5.87. The number of carboxylic acids is 1. The van der Waals surface area contributed by atoms with E-state index in [1.165, 1.54) is 19.1 Å². The van der Waals surface area contributed by atoms with Crippen LogP contribution in [0.15, 0.2) is 54.6 Å². The molecule has 0 bridgehead atoms. The van der Waals surface area contributed by atoms with E-state index in [1.807, 2.05) is 30.5 Å². The highest BCUT2D eigenvalue weighted by atomic mass is 19.1. The molecule has 2 aromatic heterocycles. The van der Waals surface area contributed by atoms with Gasteiger partial charge >= 0.3 is 5.97 Å². The summed E-state index contributed by atoms with van der Waals surface area (Å²) < 4.78 is 26.6. The Morgan fingerprint density at radius 2 is 1.80 bits per heavy atom. The molecule has 2 aromatic carbocycles. The molecular formula is C27H25FN2O5. The minimum Gasteiger partial charge on any atom is -0.497 e. The smallest absolute Gasteiger partial charge is 0.344 e. The van der Waals surface area contributed by atoms with Gasteiger partial charge in [-0.25, -0.2) is 14.2 Å². The number of hydrogen-bond acceptors (Lipinski definition) is 5. The maximum atomic E-state index is 14.3. The Bertz CT molecular complexity index is 1430. The van der Waals surface area contributed by atoms with Gasteiger partial charge in [0, 0.05) is 28.9 Å². The molecule has 8 heteroatoms. The number of fused-ring (bicyclic) bond motifs is 1. The van der Waals surface area contributed by atoms with Gasteiger partial charge in [0.1, 0.15) is 11.4 Å². The van der Waals surface area contributed by atoms with Gasteiger partial charge in [0.05, 0.1) is 12.7 Å². The van der Waals surface area contributed by atoms with Crippen LogP contribution in [0.1, 0.15) is 39.8 Å². The second-order valence-electron chi connectivity index (χ2n) is 8.29. The van der Waals surface area contributed by atoms with Crippen molar-refractivity contribution in [1.82, 2.24) is 9.55 Å². The molecule has 0 aliphatic rings. The zero-order valence-electron chi connectivity index (χ0n) is 19.8. The summed E-state index contributed by atoms with van der Waals surface area (Å²) in [4.78, 5) is 29.3. The summed E-state index contributed by atoms with van der Waals surface area (Å²) in [5.74, 6) is -1.48. The number of carbonyl (C=O) groups is 2. The number of pyridine rings is 1. The van der Waals surface area contributed by atoms with E-state index in [2.05, 4.69) is 4.98 Å². The van der Waals surface area contributed by atoms with Crippen LogP contribution in [0, 0.1) is 19.7 Å². The van der Waals surface area contributed by atoms with Gasteiger partial charge in [0.25, 0.3) is 0 Å². The molecule has 4 rings (SSSR count). The molecule has 0 radical (unpaired) electrons. The summed E-state index contributed by atoms with van der Waals surface area (Å²) in [7, 11) is 1.57. The molecule has 7 nitrogen and oxygen atoms in total. The van der Waals surface area contributed by atoms with Crippen LogP contribution in [0.4, 0.5) is 4.39 Å². The summed E-state index contributed by atoms with van der Waals surface area (Å²) in [6.07, 6.45) is -1.20. The van der Waals surface area contributed by atoms with E-state index in [4.69, 9.17) is 14.6 Å². The lowest BCUT2D eigenvalue weighted by Gasteiger charge is -2.14. The average molecular weight is 477 g/mol. The highest BCUT2D eigenvalue weighted by Gasteiger charge is 2.23. The first-order chi connectivity index (χ1) is 16.7. The highest BCUT2D eigenvalue weighted by Crippen LogP contribution is 2.30. The normalized spacial score (nSPS) is 11.9. The largest absolute Gasteiger partial charge is 0.497 e. The number of benzene rings is 2. The van der Waals surface area contributed by atoms with Crippen LogP contribution in [0.3, 0.4) is 0 Å². The molecule has 0 aliphatic heterocycles. The van der Waals surface area contributed by atoms with Gasteiger partial charge in [-0.2, -0.15) is 0 Å². The standard InChI is InChI=1S/C27H25FN2O5/c1-15-5-11-21-24(25(31)19-7-9-20(34-4)10-8-19)16(2)30(26(21)29-15)14-18-6-12-22(28)23(13-18)35-17(3)27(32)33/h5-13,17H,14H2,1-4H3,(H,32,33)/t17-/m1/s1. The number of hydrogen-bond donors (Lipinski definition) is 1. The number of ketones is 1. The molecule has 1 atom stereocenters. The first kappa shape index (κ1) is 23.9. The Balaban J connectivity index is 1.77. The van der Waals surface area contributed by atoms with Crippen molar-refractivity contribution >= 4 is 22.8 Å². The SMILES string of the molecule is COc1ccc(C(=O)c2c(C)n(Cc3ccc(F)c(O[C@H](C)C(=O)O)c3)c3nc(C)ccc23)cc1. The predicted molar refractivity (Wildman–Crippen MR) is 129 cm³/mol. The Morgan fingerprint density at radius 1 is 1.09 bits per heavy atom. The summed E-state index contributed by atoms with van der Waals surface area (Å²) in [5.41, 5.74) is 3.86. The fourth-order valence-electron chi connectivity index (χ4n) is 3.96. The van der Waals surface area contributed by atoms with E-state index in [9.17, 15) is 14.0 Å². The van der Waals surface area contributed by atoms with Crippen molar-refractivity contribution in [2.24, 2.45) is 0 Å². The zero-order chi connectivity index (χ0) is 25.3. The first-order valence-corrected chi connectivity index (χ1v) is 11.0. The van der Waals surface area contributed by atoms with E-state index in [-0.39, 0.29) is 18.1 Å². The number of aromatic nitrogens is 2. The van der Waals surface area contributed by atoms with E-state index >= 15 is 0 Å². The van der Waals surface area contributed by atoms with Crippen molar-refractivity contribution in [1.29, 1.82) is 0 Å². The van der Waals surface area contributed by atoms with Crippen molar-refractivity contribution in [3.63, 3.8) is 0 Å². The van der Waals surface area contributed by atoms with E-state index in [0.29, 0.717) is 39.2 Å². The van der Waals surface area contributed by atoms with Gasteiger partial charge < -0.3 is 19.1 Å². The van der Waals surface area contributed by atoms with Gasteiger partial charge in [-0.3, -0.25) is 4.79 Å². The number of ether oxygens (including phenoxy) is 2. The van der Waals surface area contributed by atoms with Crippen LogP contribution < -0.4 is 9.47 Å². The highest BCUT2D eigenvalue weighted by molar-refractivity contribution is 6.17. The molecule has 180 valence electrons. The van der Waals surface area contributed by atoms with Crippen molar-refractivity contribution in [2.75, 3.05) is 7.11 Å². The average Bonchev–Trinajstić information content (AvgIpc) is 3.11. The summed E-state index contributed by atoms with van der Waals surface area (Å²) in [6, 6.07) is 15.0. The number of carboxylic acid groups (broad SMARTS) is 1. The fourth-order valence-corrected chi connectivity index (χ4v) is 3.96. The summed E-state index contributed by atoms with van der Waals surface area (Å²) in [6.45, 7) is 5.34. The number of nitrogens with zero attached hydrogens (tertiary/aromatic N) is 2. The number of aliphatic carboxylic acids is 1. The van der Waals surface area contributed by atoms with Crippen LogP contribution in [0.2, 0.25) is 0 Å². The quantitative estimate of drug-likeness (QED) is 0.363. The van der Waals surface area contributed by atoms with E-state index in [0.717, 1.165) is 5.69 Å². The molecule has 0 fully saturated rings. The molecule has 2 heterocycles. The number of rotatable bonds is 8. The molecular weight excluding hydrogens is 451 g/mol. The summed E-state index contributed by atoms with van der Waals surface area (Å²) in [5, 5.41) is 9.81. The second kappa shape index (κ2) is 9.58. The van der Waals surface area contributed by atoms with Gasteiger partial charge in [0.2, 0.25) is 0 Å².